The van der Waals surface area contributed by atoms with E-state index >= 15 is 0 Å². The van der Waals surface area contributed by atoms with Gasteiger partial charge in [-0.3, -0.25) is 19.2 Å². The average Bonchev–Trinajstić information content (AvgIpc) is 1.17. The van der Waals surface area contributed by atoms with E-state index in [4.69, 9.17) is 56.8 Å². The van der Waals surface area contributed by atoms with E-state index in [-0.39, 0.29) is 146 Å². The van der Waals surface area contributed by atoms with Crippen molar-refractivity contribution in [3.8, 4) is 0 Å². The van der Waals surface area contributed by atoms with Gasteiger partial charge < -0.3 is 56.8 Å². The van der Waals surface area contributed by atoms with Gasteiger partial charge in [0, 0.05) is 0 Å². The van der Waals surface area contributed by atoms with Gasteiger partial charge in [-0.25, -0.2) is 0 Å². The smallest absolute Gasteiger partial charge is 0.313 e. The zero-order chi connectivity index (χ0) is 69.7. The van der Waals surface area contributed by atoms with Crippen LogP contribution in [0.2, 0.25) is 0 Å². The van der Waals surface area contributed by atoms with Gasteiger partial charge in [0.25, 0.3) is 0 Å². The van der Waals surface area contributed by atoms with E-state index < -0.39 is 0 Å². The predicted octanol–water partition coefficient (Wildman–Crippen LogP) is 17.1. The highest BCUT2D eigenvalue weighted by molar-refractivity contribution is 5.75. The lowest BCUT2D eigenvalue weighted by molar-refractivity contribution is -0.184. The molecule has 16 aliphatic rings. The molecule has 4 saturated heterocycles. The molecule has 12 aliphatic carbocycles. The number of rotatable bonds is 27. The Morgan fingerprint density at radius 2 is 0.735 bits per heavy atom. The molecule has 16 heteroatoms. The molecule has 12 saturated carbocycles. The highest BCUT2D eigenvalue weighted by Gasteiger charge is 2.61. The molecular formula is C82H136O16. The lowest BCUT2D eigenvalue weighted by atomic mass is 9.46. The van der Waals surface area contributed by atoms with E-state index in [0.29, 0.717) is 10.8 Å². The second-order valence-electron chi connectivity index (χ2n) is 36.1. The maximum atomic E-state index is 12.5. The quantitative estimate of drug-likeness (QED) is 0.0328. The highest BCUT2D eigenvalue weighted by Crippen LogP contribution is 2.65. The Labute approximate surface area is 591 Å². The lowest BCUT2D eigenvalue weighted by Gasteiger charge is -2.60. The van der Waals surface area contributed by atoms with Gasteiger partial charge in [-0.15, -0.1) is 0 Å². The monoisotopic (exact) mass is 1380 g/mol. The third-order valence-corrected chi connectivity index (χ3v) is 29.1. The molecule has 0 aromatic carbocycles. The molecule has 16 nitrogen and oxygen atoms in total. The van der Waals surface area contributed by atoms with Crippen LogP contribution in [0.3, 0.4) is 0 Å². The van der Waals surface area contributed by atoms with Crippen LogP contribution in [0.25, 0.3) is 0 Å². The number of hydrogen-bond acceptors (Lipinski definition) is 16. The van der Waals surface area contributed by atoms with Crippen LogP contribution in [0.1, 0.15) is 283 Å². The number of carbonyl (C=O) groups excluding carboxylic acids is 4. The third-order valence-electron chi connectivity index (χ3n) is 29.1. The van der Waals surface area contributed by atoms with Gasteiger partial charge >= 0.3 is 23.9 Å². The molecule has 0 aromatic heterocycles. The van der Waals surface area contributed by atoms with E-state index in [1.165, 1.54) is 116 Å². The molecule has 12 bridgehead atoms. The van der Waals surface area contributed by atoms with Crippen LogP contribution in [-0.2, 0) is 76.0 Å². The van der Waals surface area contributed by atoms with Crippen LogP contribution in [0.15, 0.2) is 0 Å². The van der Waals surface area contributed by atoms with Crippen molar-refractivity contribution in [3.05, 3.63) is 0 Å². The minimum Gasteiger partial charge on any atom is -0.438 e. The number of esters is 4. The number of ether oxygens (including phenoxy) is 12. The van der Waals surface area contributed by atoms with Crippen molar-refractivity contribution in [2.75, 3.05) is 47.0 Å². The fourth-order valence-corrected chi connectivity index (χ4v) is 24.1. The summed E-state index contributed by atoms with van der Waals surface area (Å²) in [6.07, 6.45) is 36.0. The van der Waals surface area contributed by atoms with Crippen LogP contribution in [0.4, 0.5) is 0 Å². The number of hydrogen-bond donors (Lipinski definition) is 0. The maximum Gasteiger partial charge on any atom is 0.313 e. The molecular weight excluding hydrogens is 1240 g/mol. The Morgan fingerprint density at radius 1 is 0.357 bits per heavy atom. The van der Waals surface area contributed by atoms with Gasteiger partial charge in [0.2, 0.25) is 0 Å². The van der Waals surface area contributed by atoms with Gasteiger partial charge in [-0.1, -0.05) is 96.4 Å². The van der Waals surface area contributed by atoms with Gasteiger partial charge in [0.15, 0.2) is 27.2 Å². The molecule has 0 spiro atoms. The van der Waals surface area contributed by atoms with Crippen molar-refractivity contribution in [1.29, 1.82) is 0 Å². The fourth-order valence-electron chi connectivity index (χ4n) is 24.1. The van der Waals surface area contributed by atoms with E-state index in [0.717, 1.165) is 156 Å². The zero-order valence-electron chi connectivity index (χ0n) is 63.5. The van der Waals surface area contributed by atoms with Gasteiger partial charge in [-0.05, 0) is 272 Å². The largest absolute Gasteiger partial charge is 0.438 e. The zero-order valence-corrected chi connectivity index (χ0v) is 63.5. The number of carbonyl (C=O) groups is 4. The molecule has 4 aliphatic heterocycles. The van der Waals surface area contributed by atoms with Crippen LogP contribution in [-0.4, -0.2) is 126 Å². The summed E-state index contributed by atoms with van der Waals surface area (Å²) in [6, 6.07) is 0. The predicted molar refractivity (Wildman–Crippen MR) is 375 cm³/mol. The maximum absolute atomic E-state index is 12.5. The Bertz CT molecular complexity index is 2520. The molecule has 16 rings (SSSR count). The van der Waals surface area contributed by atoms with Gasteiger partial charge in [-0.2, -0.15) is 0 Å². The standard InChI is InChI=1S/C22H36O4.C21H34O4.C20H34O4.C19H32O4/c1-4-18-11-19(20(5-2)26-18)21(23)25-13-24-12-22(3)16-7-14-6-15(9-16)10-17(22)8-14;1-3-17-8-18(19(4-2)25-17)20(22)24-13-23-12-21-9-14-5-15(10-21)7-16(6-14)11-21;1-6-14-10-15(16(7-2)24-14)17(21)22-12-23-18-19(3,4)13-8-9-20(18,5)11-13;1-4-15-9-16(17(5-2)23-15)18(20)22-12-21-11-19(3)10-13-6-7-14(19)8-13/h14-20H,4-13H2,1-3H3;14-19H,3-13H2,1-2H3;13-16,18H,6-12H2,1-5H3;13-17H,4-12H2,1-3H3. The second-order valence-corrected chi connectivity index (χ2v) is 36.1. The minimum atomic E-state index is -0.149. The minimum absolute atomic E-state index is 0.00102. The van der Waals surface area contributed by atoms with E-state index in [1.807, 2.05) is 0 Å². The van der Waals surface area contributed by atoms with E-state index in [2.05, 4.69) is 90.0 Å². The van der Waals surface area contributed by atoms with Gasteiger partial charge in [0.1, 0.15) is 0 Å². The third kappa shape index (κ3) is 17.3. The molecule has 4 heterocycles. The van der Waals surface area contributed by atoms with E-state index in [1.54, 1.807) is 0 Å². The molecule has 560 valence electrons. The first-order chi connectivity index (χ1) is 47.0. The summed E-state index contributed by atoms with van der Waals surface area (Å²) in [5.74, 6) is 7.78. The van der Waals surface area contributed by atoms with Crippen molar-refractivity contribution in [2.24, 2.45) is 110 Å². The molecule has 0 aromatic rings. The second kappa shape index (κ2) is 33.3. The molecule has 98 heavy (non-hydrogen) atoms. The van der Waals surface area contributed by atoms with Crippen LogP contribution < -0.4 is 0 Å². The van der Waals surface area contributed by atoms with Crippen molar-refractivity contribution in [2.45, 2.75) is 338 Å². The summed E-state index contributed by atoms with van der Waals surface area (Å²) in [4.78, 5) is 49.7. The van der Waals surface area contributed by atoms with Crippen molar-refractivity contribution in [3.63, 3.8) is 0 Å². The summed E-state index contributed by atoms with van der Waals surface area (Å²) >= 11 is 0. The van der Waals surface area contributed by atoms with Crippen LogP contribution in [0, 0.1) is 110 Å². The average molecular weight is 1380 g/mol. The lowest BCUT2D eigenvalue weighted by Crippen LogP contribution is -2.53. The topological polar surface area (TPSA) is 179 Å². The molecule has 18 unspecified atom stereocenters. The van der Waals surface area contributed by atoms with Crippen LogP contribution >= 0.6 is 0 Å². The molecule has 0 N–H and O–H groups in total. The van der Waals surface area contributed by atoms with Crippen molar-refractivity contribution < 1.29 is 76.0 Å². The SMILES string of the molecule is CCC1CC(C(=O)OCOC2C3(C)CCC(C3)C2(C)C)C(CC)O1.CCC1CC(C(=O)OCOCC2(C)C3CC4CC(C3)CC2C4)C(CC)O1.CCC1CC(C(=O)OCOCC2(C)CC3CCC2C3)C(CC)O1.CCC1CC(C(=O)OCOCC23CC4CC(CC(C4)C2)C3)C(CC)O1. The summed E-state index contributed by atoms with van der Waals surface area (Å²) in [5.41, 5.74) is 1.39. The normalized spacial score (nSPS) is 44.4. The van der Waals surface area contributed by atoms with E-state index in [9.17, 15) is 19.2 Å². The Kier molecular flexibility index (Phi) is 26.1. The summed E-state index contributed by atoms with van der Waals surface area (Å²) in [6.45, 7) is 31.0. The summed E-state index contributed by atoms with van der Waals surface area (Å²) < 4.78 is 69.2. The Hall–Kier alpha value is -2.44. The van der Waals surface area contributed by atoms with Crippen molar-refractivity contribution in [1.82, 2.24) is 0 Å². The van der Waals surface area contributed by atoms with Crippen molar-refractivity contribution >= 4 is 23.9 Å². The van der Waals surface area contributed by atoms with Crippen LogP contribution in [0.5, 0.6) is 0 Å². The fraction of sp³-hybridized carbons (Fsp3) is 0.951. The Balaban J connectivity index is 0.000000132. The molecule has 16 fully saturated rings. The summed E-state index contributed by atoms with van der Waals surface area (Å²) in [5, 5.41) is 0. The first-order valence-electron chi connectivity index (χ1n) is 40.6. The first-order valence-corrected chi connectivity index (χ1v) is 40.6. The van der Waals surface area contributed by atoms with Gasteiger partial charge in [0.05, 0.1) is 98.4 Å². The molecule has 0 amide bonds. The highest BCUT2D eigenvalue weighted by atomic mass is 16.7. The molecule has 18 atom stereocenters. The Morgan fingerprint density at radius 3 is 1.09 bits per heavy atom. The first kappa shape index (κ1) is 76.7. The summed E-state index contributed by atoms with van der Waals surface area (Å²) in [7, 11) is 0. The molecule has 0 radical (unpaired) electrons. The number of fused-ring (bicyclic) bond motifs is 4.